The lowest BCUT2D eigenvalue weighted by Crippen LogP contribution is -2.36. The van der Waals surface area contributed by atoms with Gasteiger partial charge in [-0.1, -0.05) is 12.1 Å². The third-order valence-electron chi connectivity index (χ3n) is 6.11. The van der Waals surface area contributed by atoms with E-state index in [9.17, 15) is 9.59 Å². The molecule has 0 atom stereocenters. The van der Waals surface area contributed by atoms with Crippen molar-refractivity contribution in [2.75, 3.05) is 46.9 Å². The lowest BCUT2D eigenvalue weighted by Gasteiger charge is -2.25. The first-order chi connectivity index (χ1) is 19.3. The molecule has 1 heterocycles. The average Bonchev–Trinajstić information content (AvgIpc) is 3.36. The first-order valence-electron chi connectivity index (χ1n) is 12.5. The minimum Gasteiger partial charge on any atom is -0.370 e. The van der Waals surface area contributed by atoms with Crippen LogP contribution in [0.1, 0.15) is 15.9 Å². The van der Waals surface area contributed by atoms with Gasteiger partial charge >= 0.3 is 0 Å². The molecule has 3 aromatic carbocycles. The van der Waals surface area contributed by atoms with E-state index in [4.69, 9.17) is 34.3 Å². The molecule has 1 aromatic heterocycles. The Morgan fingerprint density at radius 2 is 1.69 bits per heavy atom. The number of imidazole rings is 1. The van der Waals surface area contributed by atoms with Crippen molar-refractivity contribution in [2.45, 2.75) is 6.92 Å². The first-order valence-corrected chi connectivity index (χ1v) is 13.6. The Hall–Kier alpha value is -3.70. The number of guanidine groups is 1. The van der Waals surface area contributed by atoms with Gasteiger partial charge in [0, 0.05) is 53.0 Å². The summed E-state index contributed by atoms with van der Waals surface area (Å²) in [5.74, 6) is 0.721. The maximum Gasteiger partial charge on any atom is 0.255 e. The number of carbonyl (C=O) groups is 2. The maximum atomic E-state index is 13.1. The number of nitrogens with two attached hydrogens (primary N) is 1. The molecule has 14 heteroatoms. The number of halogens is 4. The van der Waals surface area contributed by atoms with Crippen LogP contribution in [0.5, 0.6) is 0 Å². The highest BCUT2D eigenvalue weighted by Crippen LogP contribution is 2.26. The Balaban J connectivity index is 0.00000308. The van der Waals surface area contributed by atoms with Gasteiger partial charge < -0.3 is 31.6 Å². The Labute approximate surface area is 266 Å². The van der Waals surface area contributed by atoms with Crippen molar-refractivity contribution in [1.82, 2.24) is 15.3 Å². The molecular formula is C28H32Cl4N8O2. The normalized spacial score (nSPS) is 10.3. The first kappa shape index (κ1) is 34.5. The number of H-pyrrole nitrogens is 1. The molecule has 0 spiro atoms. The zero-order valence-corrected chi connectivity index (χ0v) is 25.8. The molecule has 42 heavy (non-hydrogen) atoms. The van der Waals surface area contributed by atoms with Gasteiger partial charge in [0.1, 0.15) is 5.82 Å². The third-order valence-corrected chi connectivity index (χ3v) is 6.45. The summed E-state index contributed by atoms with van der Waals surface area (Å²) in [6, 6.07) is 18.2. The Morgan fingerprint density at radius 3 is 2.36 bits per heavy atom. The van der Waals surface area contributed by atoms with E-state index in [1.807, 2.05) is 37.3 Å². The number of aromatic nitrogens is 2. The van der Waals surface area contributed by atoms with E-state index in [2.05, 4.69) is 30.8 Å². The van der Waals surface area contributed by atoms with Crippen LogP contribution in [-0.2, 0) is 4.79 Å². The quantitative estimate of drug-likeness (QED) is 0.0730. The molecule has 10 nitrogen and oxygen atoms in total. The van der Waals surface area contributed by atoms with Crippen molar-refractivity contribution in [1.29, 1.82) is 5.41 Å². The molecule has 7 N–H and O–H groups in total. The number of amides is 2. The number of nitrogens with one attached hydrogen (secondary N) is 5. The van der Waals surface area contributed by atoms with Crippen LogP contribution in [0.3, 0.4) is 0 Å². The largest absolute Gasteiger partial charge is 0.370 e. The van der Waals surface area contributed by atoms with Gasteiger partial charge in [-0.3, -0.25) is 15.0 Å². The molecule has 2 amide bonds. The predicted molar refractivity (Wildman–Crippen MR) is 177 cm³/mol. The molecule has 0 bridgehead atoms. The maximum absolute atomic E-state index is 13.1. The summed E-state index contributed by atoms with van der Waals surface area (Å²) in [6.07, 6.45) is 0. The second kappa shape index (κ2) is 16.1. The number of aromatic amines is 1. The third kappa shape index (κ3) is 8.90. The number of anilines is 3. The summed E-state index contributed by atoms with van der Waals surface area (Å²) in [6.45, 7) is 3.24. The van der Waals surface area contributed by atoms with Crippen LogP contribution >= 0.6 is 48.0 Å². The van der Waals surface area contributed by atoms with E-state index in [0.29, 0.717) is 53.1 Å². The van der Waals surface area contributed by atoms with Crippen molar-refractivity contribution < 1.29 is 9.59 Å². The molecule has 0 aliphatic carbocycles. The lowest BCUT2D eigenvalue weighted by molar-refractivity contribution is -0.115. The molecule has 0 saturated carbocycles. The fourth-order valence-electron chi connectivity index (χ4n) is 4.26. The highest BCUT2D eigenvalue weighted by atomic mass is 35.5. The fraction of sp³-hybridized carbons (Fsp3) is 0.214. The number of benzene rings is 3. The highest BCUT2D eigenvalue weighted by Gasteiger charge is 2.14. The van der Waals surface area contributed by atoms with Gasteiger partial charge in [0.25, 0.3) is 5.91 Å². The number of hydrogen-bond acceptors (Lipinski definition) is 5. The van der Waals surface area contributed by atoms with Gasteiger partial charge in [-0.2, -0.15) is 0 Å². The van der Waals surface area contributed by atoms with Crippen LogP contribution in [0, 0.1) is 12.3 Å². The molecule has 0 fully saturated rings. The number of alkyl halides is 2. The van der Waals surface area contributed by atoms with E-state index in [1.165, 1.54) is 0 Å². The number of aryl methyl sites for hydroxylation is 1. The molecule has 4 rings (SSSR count). The number of hydrogen-bond donors (Lipinski definition) is 6. The van der Waals surface area contributed by atoms with Gasteiger partial charge in [0.05, 0.1) is 17.6 Å². The van der Waals surface area contributed by atoms with Crippen LogP contribution in [0.25, 0.3) is 22.4 Å². The van der Waals surface area contributed by atoms with Gasteiger partial charge in [0.2, 0.25) is 5.91 Å². The summed E-state index contributed by atoms with van der Waals surface area (Å²) < 4.78 is 0. The smallest absolute Gasteiger partial charge is 0.255 e. The van der Waals surface area contributed by atoms with Crippen LogP contribution in [0.4, 0.5) is 17.1 Å². The fourth-order valence-corrected chi connectivity index (χ4v) is 4.66. The zero-order valence-electron chi connectivity index (χ0n) is 22.7. The Kier molecular flexibility index (Phi) is 13.2. The summed E-state index contributed by atoms with van der Waals surface area (Å²) in [7, 11) is 0. The molecular weight excluding hydrogens is 622 g/mol. The van der Waals surface area contributed by atoms with Crippen LogP contribution in [-0.4, -0.2) is 59.1 Å². The molecule has 0 aliphatic heterocycles. The molecule has 0 saturated heterocycles. The average molecular weight is 654 g/mol. The van der Waals surface area contributed by atoms with E-state index in [0.717, 1.165) is 22.3 Å². The highest BCUT2D eigenvalue weighted by molar-refractivity contribution is 6.18. The molecule has 224 valence electrons. The standard InChI is InChI=1S/C28H30Cl2N8O2.2ClH/c1-17-13-21(6-8-24(17)38(11-9-29)12-10-30)35-27(40)19-5-7-22-23(15-19)37-26(36-22)18-3-2-4-20(14-18)34-25(39)16-33-28(31)32;;/h2-8,13-15H,9-12,16H2,1H3,(H,34,39)(H,35,40)(H,36,37)(H4,31,32,33);2*1H. The number of rotatable bonds is 11. The van der Waals surface area contributed by atoms with Crippen molar-refractivity contribution in [3.8, 4) is 11.4 Å². The van der Waals surface area contributed by atoms with E-state index in [-0.39, 0.29) is 49.1 Å². The summed E-state index contributed by atoms with van der Waals surface area (Å²) >= 11 is 11.9. The van der Waals surface area contributed by atoms with Gasteiger partial charge in [-0.15, -0.1) is 48.0 Å². The molecule has 0 unspecified atom stereocenters. The lowest BCUT2D eigenvalue weighted by atomic mass is 10.1. The van der Waals surface area contributed by atoms with Gasteiger partial charge in [-0.25, -0.2) is 4.98 Å². The van der Waals surface area contributed by atoms with E-state index < -0.39 is 0 Å². The van der Waals surface area contributed by atoms with Crippen LogP contribution < -0.4 is 26.6 Å². The summed E-state index contributed by atoms with van der Waals surface area (Å²) in [5, 5.41) is 15.3. The summed E-state index contributed by atoms with van der Waals surface area (Å²) in [5.41, 5.74) is 11.1. The topological polar surface area (TPSA) is 152 Å². The SMILES string of the molecule is Cc1cc(NC(=O)c2ccc3[nH]c(-c4cccc(NC(=O)CNC(=N)N)c4)nc3c2)ccc1N(CCCl)CCCl.Cl.Cl. The van der Waals surface area contributed by atoms with Crippen molar-refractivity contribution in [3.05, 3.63) is 71.8 Å². The molecule has 0 aliphatic rings. The van der Waals surface area contributed by atoms with Crippen molar-refractivity contribution in [3.63, 3.8) is 0 Å². The summed E-state index contributed by atoms with van der Waals surface area (Å²) in [4.78, 5) is 35.2. The Morgan fingerprint density at radius 1 is 0.976 bits per heavy atom. The minimum atomic E-state index is -0.333. The van der Waals surface area contributed by atoms with Crippen LogP contribution in [0.2, 0.25) is 0 Å². The van der Waals surface area contributed by atoms with Crippen molar-refractivity contribution in [2.24, 2.45) is 5.73 Å². The predicted octanol–water partition coefficient (Wildman–Crippen LogP) is 5.34. The zero-order chi connectivity index (χ0) is 28.6. The van der Waals surface area contributed by atoms with E-state index in [1.54, 1.807) is 30.3 Å². The second-order valence-corrected chi connectivity index (χ2v) is 9.79. The van der Waals surface area contributed by atoms with Gasteiger partial charge in [-0.05, 0) is 61.0 Å². The minimum absolute atomic E-state index is 0. The van der Waals surface area contributed by atoms with Crippen LogP contribution in [0.15, 0.2) is 60.7 Å². The Bertz CT molecular complexity index is 1540. The monoisotopic (exact) mass is 652 g/mol. The van der Waals surface area contributed by atoms with E-state index >= 15 is 0 Å². The van der Waals surface area contributed by atoms with Gasteiger partial charge in [0.15, 0.2) is 5.96 Å². The number of nitrogens with zero attached hydrogens (tertiary/aromatic N) is 2. The number of carbonyl (C=O) groups excluding carboxylic acids is 2. The molecule has 4 aromatic rings. The van der Waals surface area contributed by atoms with Crippen molar-refractivity contribution >= 4 is 93.9 Å². The number of fused-ring (bicyclic) bond motifs is 1. The second-order valence-electron chi connectivity index (χ2n) is 9.03. The molecule has 0 radical (unpaired) electrons.